The van der Waals surface area contributed by atoms with E-state index in [1.54, 1.807) is 12.1 Å². The van der Waals surface area contributed by atoms with Crippen molar-refractivity contribution in [3.63, 3.8) is 0 Å². The Hall–Kier alpha value is 1.28. The summed E-state index contributed by atoms with van der Waals surface area (Å²) >= 11 is 23.5. The Bertz CT molecular complexity index is 527. The fourth-order valence-electron chi connectivity index (χ4n) is 1.10. The van der Waals surface area contributed by atoms with Crippen molar-refractivity contribution in [2.45, 2.75) is 25.3 Å². The highest BCUT2D eigenvalue weighted by molar-refractivity contribution is 9.18. The Morgan fingerprint density at radius 3 is 2.43 bits per heavy atom. The smallest absolute Gasteiger partial charge is 0.287 e. The molecule has 1 aromatic carbocycles. The second-order valence-electron chi connectivity index (χ2n) is 3.66. The summed E-state index contributed by atoms with van der Waals surface area (Å²) in [5.74, 6) is 0.525. The van der Waals surface area contributed by atoms with Crippen molar-refractivity contribution in [1.29, 1.82) is 0 Å². The molecular formula is C11H7Br2Cl3F2OS2. The Kier molecular flexibility index (Phi) is 8.13. The van der Waals surface area contributed by atoms with E-state index in [0.717, 1.165) is 9.37 Å². The summed E-state index contributed by atoms with van der Waals surface area (Å²) in [6.07, 6.45) is 0.332. The summed E-state index contributed by atoms with van der Waals surface area (Å²) in [6, 6.07) is 4.69. The molecule has 0 N–H and O–H groups in total. The van der Waals surface area contributed by atoms with Gasteiger partial charge in [-0.25, -0.2) is 0 Å². The minimum atomic E-state index is -3.56. The quantitative estimate of drug-likeness (QED) is 0.229. The summed E-state index contributed by atoms with van der Waals surface area (Å²) in [7, 11) is 0. The van der Waals surface area contributed by atoms with E-state index in [9.17, 15) is 13.6 Å². The van der Waals surface area contributed by atoms with E-state index in [1.807, 2.05) is 0 Å². The van der Waals surface area contributed by atoms with E-state index in [2.05, 4.69) is 31.9 Å². The van der Waals surface area contributed by atoms with Crippen LogP contribution < -0.4 is 0 Å². The second-order valence-corrected chi connectivity index (χ2v) is 10.0. The lowest BCUT2D eigenvalue weighted by atomic mass is 10.4. The number of hydrogen-bond acceptors (Lipinski definition) is 3. The van der Waals surface area contributed by atoms with Gasteiger partial charge in [0.15, 0.2) is 4.69 Å². The summed E-state index contributed by atoms with van der Waals surface area (Å²) in [5.41, 5.74) is 0. The van der Waals surface area contributed by atoms with Crippen LogP contribution in [-0.4, -0.2) is 19.5 Å². The van der Waals surface area contributed by atoms with Crippen LogP contribution in [0.3, 0.4) is 0 Å². The number of halogens is 7. The maximum atomic E-state index is 13.7. The minimum Gasteiger partial charge on any atom is -0.287 e. The second kappa shape index (κ2) is 8.40. The van der Waals surface area contributed by atoms with Gasteiger partial charge in [0.05, 0.1) is 0 Å². The van der Waals surface area contributed by atoms with E-state index < -0.39 is 9.05 Å². The lowest BCUT2D eigenvalue weighted by Gasteiger charge is -2.23. The van der Waals surface area contributed by atoms with Crippen LogP contribution in [0.25, 0.3) is 0 Å². The van der Waals surface area contributed by atoms with E-state index >= 15 is 0 Å². The average molecular weight is 523 g/mol. The lowest BCUT2D eigenvalue weighted by Crippen LogP contribution is -2.29. The van der Waals surface area contributed by atoms with Gasteiger partial charge in [0.25, 0.3) is 3.79 Å². The molecule has 0 heterocycles. The van der Waals surface area contributed by atoms with Crippen LogP contribution in [0.1, 0.15) is 6.42 Å². The molecule has 0 aliphatic carbocycles. The van der Waals surface area contributed by atoms with Crippen molar-refractivity contribution in [3.05, 3.63) is 22.7 Å². The summed E-state index contributed by atoms with van der Waals surface area (Å²) in [4.78, 5) is 11.8. The highest BCUT2D eigenvalue weighted by Crippen LogP contribution is 2.52. The van der Waals surface area contributed by atoms with Crippen LogP contribution >= 0.6 is 90.2 Å². The van der Waals surface area contributed by atoms with E-state index in [-0.39, 0.29) is 21.3 Å². The topological polar surface area (TPSA) is 17.1 Å². The first-order chi connectivity index (χ1) is 9.53. The normalized spacial score (nSPS) is 12.5. The molecule has 0 unspecified atom stereocenters. The molecule has 0 spiro atoms. The lowest BCUT2D eigenvalue weighted by molar-refractivity contribution is -0.110. The SMILES string of the molecule is O=C(Br)CCSc1cc(SC(F)(F)C(Cl)(Cl)Cl)ccc1Br. The highest BCUT2D eigenvalue weighted by atomic mass is 79.9. The van der Waals surface area contributed by atoms with E-state index in [1.165, 1.54) is 17.8 Å². The van der Waals surface area contributed by atoms with Gasteiger partial charge in [-0.3, -0.25) is 4.79 Å². The van der Waals surface area contributed by atoms with Crippen LogP contribution in [0.2, 0.25) is 0 Å². The Morgan fingerprint density at radius 2 is 1.90 bits per heavy atom. The molecule has 0 saturated carbocycles. The minimum absolute atomic E-state index is 0.112. The van der Waals surface area contributed by atoms with Gasteiger partial charge in [-0.1, -0.05) is 34.8 Å². The Morgan fingerprint density at radius 1 is 1.29 bits per heavy atom. The molecule has 1 rings (SSSR count). The molecule has 0 radical (unpaired) electrons. The standard InChI is InChI=1S/C11H7Br2Cl3F2OS2/c12-7-2-1-6(21-11(17,18)10(14,15)16)5-8(7)20-4-3-9(13)19/h1-2,5H,3-4H2. The molecule has 1 nitrogen and oxygen atoms in total. The number of alkyl halides is 5. The van der Waals surface area contributed by atoms with Gasteiger partial charge in [-0.15, -0.1) is 11.8 Å². The third-order valence-corrected chi connectivity index (χ3v) is 6.54. The largest absolute Gasteiger partial charge is 0.344 e. The van der Waals surface area contributed by atoms with Crippen molar-refractivity contribution >= 4 is 94.9 Å². The first-order valence-electron chi connectivity index (χ1n) is 5.27. The van der Waals surface area contributed by atoms with Gasteiger partial charge in [-0.2, -0.15) is 8.78 Å². The number of carbonyl (C=O) groups is 1. The molecule has 10 heteroatoms. The van der Waals surface area contributed by atoms with Crippen molar-refractivity contribution in [2.24, 2.45) is 0 Å². The van der Waals surface area contributed by atoms with Gasteiger partial charge in [-0.05, 0) is 61.8 Å². The first-order valence-corrected chi connectivity index (χ1v) is 9.79. The monoisotopic (exact) mass is 520 g/mol. The fraction of sp³-hybridized carbons (Fsp3) is 0.364. The molecule has 0 saturated heterocycles. The molecular weight excluding hydrogens is 516 g/mol. The van der Waals surface area contributed by atoms with Crippen LogP contribution in [0.4, 0.5) is 8.78 Å². The zero-order valence-corrected chi connectivity index (χ0v) is 17.1. The highest BCUT2D eigenvalue weighted by Gasteiger charge is 2.51. The molecule has 0 bridgehead atoms. The van der Waals surface area contributed by atoms with Crippen LogP contribution in [0, 0.1) is 0 Å². The van der Waals surface area contributed by atoms with Crippen LogP contribution in [0.15, 0.2) is 32.5 Å². The maximum absolute atomic E-state index is 13.7. The fourth-order valence-corrected chi connectivity index (χ4v) is 4.23. The predicted molar refractivity (Wildman–Crippen MR) is 94.5 cm³/mol. The van der Waals surface area contributed by atoms with Gasteiger partial charge in [0.1, 0.15) is 0 Å². The Labute approximate surface area is 161 Å². The van der Waals surface area contributed by atoms with Crippen molar-refractivity contribution in [2.75, 3.05) is 5.75 Å². The summed E-state index contributed by atoms with van der Waals surface area (Å²) in [6.45, 7) is 0. The molecule has 0 amide bonds. The van der Waals surface area contributed by atoms with E-state index in [4.69, 9.17) is 34.8 Å². The molecule has 0 aliphatic heterocycles. The van der Waals surface area contributed by atoms with E-state index in [0.29, 0.717) is 12.2 Å². The molecule has 1 aromatic rings. The number of thioether (sulfide) groups is 2. The molecule has 21 heavy (non-hydrogen) atoms. The van der Waals surface area contributed by atoms with Gasteiger partial charge < -0.3 is 0 Å². The maximum Gasteiger partial charge on any atom is 0.344 e. The third kappa shape index (κ3) is 6.73. The summed E-state index contributed by atoms with van der Waals surface area (Å²) in [5, 5.41) is -3.56. The predicted octanol–water partition coefficient (Wildman–Crippen LogP) is 6.91. The average Bonchev–Trinajstić information content (AvgIpc) is 2.31. The zero-order valence-electron chi connectivity index (χ0n) is 10.0. The molecule has 0 aliphatic rings. The number of benzene rings is 1. The van der Waals surface area contributed by atoms with Gasteiger partial charge in [0.2, 0.25) is 0 Å². The molecule has 0 atom stereocenters. The number of hydrogen-bond donors (Lipinski definition) is 0. The van der Waals surface area contributed by atoms with Gasteiger partial charge in [0, 0.05) is 26.4 Å². The Balaban J connectivity index is 2.84. The first kappa shape index (κ1) is 20.3. The van der Waals surface area contributed by atoms with Crippen molar-refractivity contribution in [3.8, 4) is 0 Å². The number of rotatable bonds is 6. The van der Waals surface area contributed by atoms with Crippen molar-refractivity contribution in [1.82, 2.24) is 0 Å². The summed E-state index contributed by atoms with van der Waals surface area (Å²) < 4.78 is 25.3. The van der Waals surface area contributed by atoms with Crippen LogP contribution in [0.5, 0.6) is 0 Å². The van der Waals surface area contributed by atoms with Crippen molar-refractivity contribution < 1.29 is 13.6 Å². The van der Waals surface area contributed by atoms with Crippen LogP contribution in [-0.2, 0) is 4.79 Å². The third-order valence-electron chi connectivity index (χ3n) is 2.03. The molecule has 0 fully saturated rings. The molecule has 0 aromatic heterocycles. The van der Waals surface area contributed by atoms with Gasteiger partial charge >= 0.3 is 5.25 Å². The zero-order chi connectivity index (χ0) is 16.3. The number of carbonyl (C=O) groups excluding carboxylic acids is 1. The molecule has 118 valence electrons.